The van der Waals surface area contributed by atoms with Gasteiger partial charge in [-0.2, -0.15) is 0 Å². The summed E-state index contributed by atoms with van der Waals surface area (Å²) in [7, 11) is 1.58. The molecule has 0 N–H and O–H groups in total. The molecule has 1 aromatic carbocycles. The molecule has 0 aromatic heterocycles. The lowest BCUT2D eigenvalue weighted by Crippen LogP contribution is -2.46. The van der Waals surface area contributed by atoms with Gasteiger partial charge >= 0.3 is 0 Å². The molecular formula is C14H19NO4. The molecule has 104 valence electrons. The Hall–Kier alpha value is -1.75. The molecule has 1 aromatic rings. The third-order valence-electron chi connectivity index (χ3n) is 3.04. The van der Waals surface area contributed by atoms with Crippen LogP contribution in [0, 0.1) is 0 Å². The van der Waals surface area contributed by atoms with Crippen molar-refractivity contribution < 1.29 is 19.0 Å². The van der Waals surface area contributed by atoms with Crippen LogP contribution in [0.15, 0.2) is 24.3 Å². The van der Waals surface area contributed by atoms with E-state index in [1.807, 2.05) is 12.1 Å². The number of nitrogens with zero attached hydrogens (tertiary/aromatic N) is 1. The fourth-order valence-corrected chi connectivity index (χ4v) is 2.00. The van der Waals surface area contributed by atoms with Gasteiger partial charge in [-0.15, -0.1) is 0 Å². The first kappa shape index (κ1) is 13.7. The summed E-state index contributed by atoms with van der Waals surface area (Å²) in [5, 5.41) is 0. The molecule has 1 saturated heterocycles. The molecule has 1 fully saturated rings. The smallest absolute Gasteiger partial charge is 0.263 e. The normalized spacial score (nSPS) is 16.8. The van der Waals surface area contributed by atoms with Gasteiger partial charge in [0.15, 0.2) is 17.6 Å². The molecule has 0 radical (unpaired) electrons. The van der Waals surface area contributed by atoms with Gasteiger partial charge in [0.05, 0.1) is 20.3 Å². The first-order valence-electron chi connectivity index (χ1n) is 6.38. The quantitative estimate of drug-likeness (QED) is 0.824. The summed E-state index contributed by atoms with van der Waals surface area (Å²) >= 11 is 0. The highest BCUT2D eigenvalue weighted by molar-refractivity contribution is 5.81. The molecule has 1 amide bonds. The Labute approximate surface area is 113 Å². The lowest BCUT2D eigenvalue weighted by Gasteiger charge is -2.29. The summed E-state index contributed by atoms with van der Waals surface area (Å²) in [5.74, 6) is 1.19. The number of carbonyl (C=O) groups excluding carboxylic acids is 1. The predicted octanol–water partition coefficient (Wildman–Crippen LogP) is 1.32. The van der Waals surface area contributed by atoms with Gasteiger partial charge in [-0.05, 0) is 19.1 Å². The molecule has 1 atom stereocenters. The number of para-hydroxylation sites is 2. The van der Waals surface area contributed by atoms with E-state index in [0.717, 1.165) is 0 Å². The standard InChI is InChI=1S/C14H19NO4/c1-11(14(16)15-7-9-18-10-8-15)19-13-6-4-3-5-12(13)17-2/h3-6,11H,7-10H2,1-2H3/t11-/m1/s1. The van der Waals surface area contributed by atoms with E-state index in [2.05, 4.69) is 0 Å². The van der Waals surface area contributed by atoms with Gasteiger partial charge in [-0.25, -0.2) is 0 Å². The minimum absolute atomic E-state index is 0.0193. The zero-order valence-corrected chi connectivity index (χ0v) is 11.3. The molecule has 5 heteroatoms. The van der Waals surface area contributed by atoms with Crippen LogP contribution in [0.5, 0.6) is 11.5 Å². The summed E-state index contributed by atoms with van der Waals surface area (Å²) < 4.78 is 16.1. The van der Waals surface area contributed by atoms with Crippen LogP contribution in [0.25, 0.3) is 0 Å². The number of hydrogen-bond donors (Lipinski definition) is 0. The first-order chi connectivity index (χ1) is 9.22. The van der Waals surface area contributed by atoms with Crippen LogP contribution >= 0.6 is 0 Å². The van der Waals surface area contributed by atoms with Crippen LogP contribution in [-0.2, 0) is 9.53 Å². The fourth-order valence-electron chi connectivity index (χ4n) is 2.00. The summed E-state index contributed by atoms with van der Waals surface area (Å²) in [4.78, 5) is 14.0. The van der Waals surface area contributed by atoms with Crippen molar-refractivity contribution in [3.8, 4) is 11.5 Å². The van der Waals surface area contributed by atoms with E-state index in [1.165, 1.54) is 0 Å². The van der Waals surface area contributed by atoms with E-state index in [4.69, 9.17) is 14.2 Å². The maximum Gasteiger partial charge on any atom is 0.263 e. The van der Waals surface area contributed by atoms with E-state index >= 15 is 0 Å². The van der Waals surface area contributed by atoms with E-state index in [9.17, 15) is 4.79 Å². The highest BCUT2D eigenvalue weighted by atomic mass is 16.5. The summed E-state index contributed by atoms with van der Waals surface area (Å²) in [5.41, 5.74) is 0. The number of ether oxygens (including phenoxy) is 3. The molecule has 5 nitrogen and oxygen atoms in total. The Morgan fingerprint density at radius 1 is 1.26 bits per heavy atom. The van der Waals surface area contributed by atoms with Crippen molar-refractivity contribution in [2.75, 3.05) is 33.4 Å². The Balaban J connectivity index is 1.99. The number of methoxy groups -OCH3 is 1. The topological polar surface area (TPSA) is 48.0 Å². The maximum atomic E-state index is 12.2. The second-order valence-electron chi connectivity index (χ2n) is 4.35. The number of carbonyl (C=O) groups is 1. The summed E-state index contributed by atoms with van der Waals surface area (Å²) in [6.45, 7) is 4.18. The molecule has 1 heterocycles. The SMILES string of the molecule is COc1ccccc1O[C@H](C)C(=O)N1CCOCC1. The van der Waals surface area contributed by atoms with Crippen LogP contribution in [0.3, 0.4) is 0 Å². The number of hydrogen-bond acceptors (Lipinski definition) is 4. The Morgan fingerprint density at radius 3 is 2.53 bits per heavy atom. The molecule has 0 bridgehead atoms. The van der Waals surface area contributed by atoms with E-state index in [1.54, 1.807) is 31.1 Å². The molecule has 0 unspecified atom stereocenters. The molecule has 1 aliphatic heterocycles. The second-order valence-corrected chi connectivity index (χ2v) is 4.35. The van der Waals surface area contributed by atoms with Gasteiger partial charge in [0.2, 0.25) is 0 Å². The molecule has 2 rings (SSSR count). The number of benzene rings is 1. The number of rotatable bonds is 4. The van der Waals surface area contributed by atoms with Crippen LogP contribution in [0.4, 0.5) is 0 Å². The van der Waals surface area contributed by atoms with E-state index in [0.29, 0.717) is 37.8 Å². The minimum Gasteiger partial charge on any atom is -0.493 e. The molecule has 1 aliphatic rings. The highest BCUT2D eigenvalue weighted by Crippen LogP contribution is 2.27. The van der Waals surface area contributed by atoms with Gasteiger partial charge in [-0.3, -0.25) is 4.79 Å². The van der Waals surface area contributed by atoms with E-state index < -0.39 is 6.10 Å². The summed E-state index contributed by atoms with van der Waals surface area (Å²) in [6.07, 6.45) is -0.533. The predicted molar refractivity (Wildman–Crippen MR) is 70.5 cm³/mol. The van der Waals surface area contributed by atoms with Gasteiger partial charge in [0.1, 0.15) is 0 Å². The van der Waals surface area contributed by atoms with Crippen LogP contribution in [0.2, 0.25) is 0 Å². The van der Waals surface area contributed by atoms with Crippen molar-refractivity contribution in [1.29, 1.82) is 0 Å². The van der Waals surface area contributed by atoms with Gasteiger partial charge in [0, 0.05) is 13.1 Å². The zero-order valence-electron chi connectivity index (χ0n) is 11.3. The Kier molecular flexibility index (Phi) is 4.63. The maximum absolute atomic E-state index is 12.2. The molecule has 0 spiro atoms. The van der Waals surface area contributed by atoms with Crippen molar-refractivity contribution in [3.63, 3.8) is 0 Å². The third-order valence-corrected chi connectivity index (χ3v) is 3.04. The van der Waals surface area contributed by atoms with Crippen LogP contribution in [-0.4, -0.2) is 50.3 Å². The lowest BCUT2D eigenvalue weighted by molar-refractivity contribution is -0.142. The van der Waals surface area contributed by atoms with Gasteiger partial charge in [0.25, 0.3) is 5.91 Å². The van der Waals surface area contributed by atoms with Crippen LogP contribution < -0.4 is 9.47 Å². The van der Waals surface area contributed by atoms with Gasteiger partial charge < -0.3 is 19.1 Å². The lowest BCUT2D eigenvalue weighted by atomic mass is 10.3. The Bertz CT molecular complexity index is 429. The van der Waals surface area contributed by atoms with Crippen molar-refractivity contribution in [2.24, 2.45) is 0 Å². The average Bonchev–Trinajstić information content (AvgIpc) is 2.48. The minimum atomic E-state index is -0.533. The fraction of sp³-hybridized carbons (Fsp3) is 0.500. The van der Waals surface area contributed by atoms with E-state index in [-0.39, 0.29) is 5.91 Å². The molecule has 0 saturated carbocycles. The van der Waals surface area contributed by atoms with Crippen molar-refractivity contribution in [1.82, 2.24) is 4.90 Å². The molecular weight excluding hydrogens is 246 g/mol. The van der Waals surface area contributed by atoms with Crippen molar-refractivity contribution >= 4 is 5.91 Å². The molecule has 19 heavy (non-hydrogen) atoms. The Morgan fingerprint density at radius 2 is 1.89 bits per heavy atom. The average molecular weight is 265 g/mol. The monoisotopic (exact) mass is 265 g/mol. The first-order valence-corrected chi connectivity index (χ1v) is 6.38. The number of amides is 1. The zero-order chi connectivity index (χ0) is 13.7. The largest absolute Gasteiger partial charge is 0.493 e. The van der Waals surface area contributed by atoms with Crippen LogP contribution in [0.1, 0.15) is 6.92 Å². The van der Waals surface area contributed by atoms with Crippen molar-refractivity contribution in [3.05, 3.63) is 24.3 Å². The second kappa shape index (κ2) is 6.43. The molecule has 0 aliphatic carbocycles. The van der Waals surface area contributed by atoms with Crippen molar-refractivity contribution in [2.45, 2.75) is 13.0 Å². The summed E-state index contributed by atoms with van der Waals surface area (Å²) in [6, 6.07) is 7.31. The van der Waals surface area contributed by atoms with Gasteiger partial charge in [-0.1, -0.05) is 12.1 Å². The third kappa shape index (κ3) is 3.38. The number of morpholine rings is 1. The highest BCUT2D eigenvalue weighted by Gasteiger charge is 2.24.